The highest BCUT2D eigenvalue weighted by Crippen LogP contribution is 2.44. The van der Waals surface area contributed by atoms with Gasteiger partial charge in [-0.2, -0.15) is 0 Å². The predicted molar refractivity (Wildman–Crippen MR) is 134 cm³/mol. The molecule has 0 spiro atoms. The lowest BCUT2D eigenvalue weighted by Crippen LogP contribution is -2.71. The van der Waals surface area contributed by atoms with Crippen LogP contribution in [0.1, 0.15) is 5.69 Å². The second-order valence-electron chi connectivity index (χ2n) is 7.27. The average molecular weight is 549 g/mol. The van der Waals surface area contributed by atoms with Crippen molar-refractivity contribution in [2.45, 2.75) is 21.5 Å². The third kappa shape index (κ3) is 5.25. The van der Waals surface area contributed by atoms with Crippen LogP contribution in [0.15, 0.2) is 56.4 Å². The quantitative estimate of drug-likeness (QED) is 0.0931. The summed E-state index contributed by atoms with van der Waals surface area (Å²) >= 11 is 3.84. The number of carbonyl (C=O) groups is 3. The first-order valence-corrected chi connectivity index (χ1v) is 13.2. The van der Waals surface area contributed by atoms with Crippen molar-refractivity contribution in [3.05, 3.63) is 46.9 Å². The van der Waals surface area contributed by atoms with Gasteiger partial charge in [-0.1, -0.05) is 23.0 Å². The molecule has 1 fully saturated rings. The van der Waals surface area contributed by atoms with Crippen molar-refractivity contribution in [3.8, 4) is 0 Å². The van der Waals surface area contributed by atoms with Crippen LogP contribution in [0.4, 0.5) is 5.82 Å². The number of carboxylic acids is 1. The number of hydrogen-bond donors (Lipinski definition) is 5. The maximum absolute atomic E-state index is 12.9. The van der Waals surface area contributed by atoms with Gasteiger partial charge in [-0.15, -0.1) is 23.5 Å². The van der Waals surface area contributed by atoms with Crippen LogP contribution in [0.25, 0.3) is 0 Å². The van der Waals surface area contributed by atoms with E-state index in [1.165, 1.54) is 47.9 Å². The summed E-state index contributed by atoms with van der Waals surface area (Å²) in [6.45, 7) is 0.479. The topological polar surface area (TPSA) is 210 Å². The smallest absolute Gasteiger partial charge is 0.353 e. The molecule has 2 amide bonds. The Balaban J connectivity index is 1.51. The van der Waals surface area contributed by atoms with Crippen LogP contribution in [0, 0.1) is 0 Å². The lowest BCUT2D eigenvalue weighted by molar-refractivity contribution is -0.150. The number of hydrogen-bond acceptors (Lipinski definition) is 13. The van der Waals surface area contributed by atoms with E-state index in [1.807, 2.05) is 0 Å². The molecule has 0 aromatic carbocycles. The van der Waals surface area contributed by atoms with Crippen LogP contribution in [-0.2, 0) is 14.4 Å². The molecule has 2 aliphatic heterocycles. The molecule has 7 N–H and O–H groups in total. The van der Waals surface area contributed by atoms with Crippen molar-refractivity contribution in [2.75, 3.05) is 23.8 Å². The molecule has 0 bridgehead atoms. The highest BCUT2D eigenvalue weighted by atomic mass is 32.2. The van der Waals surface area contributed by atoms with Crippen LogP contribution in [0.2, 0.25) is 0 Å². The third-order valence-corrected chi connectivity index (χ3v) is 8.32. The minimum absolute atomic E-state index is 0.0210. The van der Waals surface area contributed by atoms with Crippen molar-refractivity contribution >= 4 is 64.6 Å². The Kier molecular flexibility index (Phi) is 7.97. The average Bonchev–Trinajstić information content (AvgIpc) is 2.86. The number of rotatable bonds is 9. The zero-order valence-electron chi connectivity index (χ0n) is 18.4. The largest absolute Gasteiger partial charge is 0.477 e. The number of oxime groups is 1. The van der Waals surface area contributed by atoms with E-state index in [-0.39, 0.29) is 23.0 Å². The van der Waals surface area contributed by atoms with E-state index in [0.717, 1.165) is 16.7 Å². The number of amides is 2. The van der Waals surface area contributed by atoms with Crippen molar-refractivity contribution in [2.24, 2.45) is 10.9 Å². The number of anilines is 1. The molecule has 0 unspecified atom stereocenters. The van der Waals surface area contributed by atoms with Gasteiger partial charge in [-0.05, 0) is 12.1 Å². The molecule has 2 aromatic heterocycles. The monoisotopic (exact) mass is 548 g/mol. The Morgan fingerprint density at radius 1 is 1.28 bits per heavy atom. The van der Waals surface area contributed by atoms with Gasteiger partial charge in [-0.3, -0.25) is 19.5 Å². The van der Waals surface area contributed by atoms with Crippen LogP contribution in [0.5, 0.6) is 0 Å². The number of carboxylic acid groups (broad SMARTS) is 1. The predicted octanol–water partition coefficient (Wildman–Crippen LogP) is 0.171. The van der Waals surface area contributed by atoms with Gasteiger partial charge in [0.05, 0.1) is 12.4 Å². The van der Waals surface area contributed by atoms with Crippen LogP contribution in [-0.4, -0.2) is 83.1 Å². The van der Waals surface area contributed by atoms with Gasteiger partial charge >= 0.3 is 5.97 Å². The van der Waals surface area contributed by atoms with E-state index >= 15 is 0 Å². The van der Waals surface area contributed by atoms with Gasteiger partial charge in [0.25, 0.3) is 11.8 Å². The molecule has 0 aliphatic carbocycles. The summed E-state index contributed by atoms with van der Waals surface area (Å²) in [4.78, 5) is 51.9. The standard InChI is InChI=1S/C20H20N8O5S3/c21-4-5-34-12-6-23-7-13(25-12)36-10-8-35-19-15(18(30)28(19)16(10)20(31)32)26-17(29)14(27-33)9-2-1-3-11(22)24-9/h1-3,6-7,15,19,33H,4-5,8,21H2,(H2,22,24)(H,26,29)(H,31,32)/b27-14-/t15-,19-/m1/s1. The molecule has 4 rings (SSSR count). The van der Waals surface area contributed by atoms with E-state index < -0.39 is 34.9 Å². The number of nitrogens with two attached hydrogens (primary N) is 2. The summed E-state index contributed by atoms with van der Waals surface area (Å²) in [5.41, 5.74) is 10.6. The summed E-state index contributed by atoms with van der Waals surface area (Å²) < 4.78 is 0. The highest BCUT2D eigenvalue weighted by molar-refractivity contribution is 8.06. The zero-order chi connectivity index (χ0) is 25.8. The molecule has 4 heterocycles. The molecule has 1 saturated heterocycles. The molecule has 2 atom stereocenters. The van der Waals surface area contributed by atoms with E-state index in [4.69, 9.17) is 11.5 Å². The molecular formula is C20H20N8O5S3. The van der Waals surface area contributed by atoms with E-state index in [1.54, 1.807) is 6.20 Å². The van der Waals surface area contributed by atoms with Crippen molar-refractivity contribution < 1.29 is 24.7 Å². The normalized spacial score (nSPS) is 19.5. The SMILES string of the molecule is NCCSc1cncc(SC2=C(C(=O)O)N3C(=O)[C@@H](NC(=O)/C(=N\O)c4cccc(N)n4)[C@H]3SC2)n1. The van der Waals surface area contributed by atoms with Crippen LogP contribution >= 0.6 is 35.3 Å². The van der Waals surface area contributed by atoms with Crippen molar-refractivity contribution in [3.63, 3.8) is 0 Å². The number of thioether (sulfide) groups is 3. The first-order chi connectivity index (χ1) is 17.3. The van der Waals surface area contributed by atoms with Crippen LogP contribution < -0.4 is 16.8 Å². The van der Waals surface area contributed by atoms with Crippen molar-refractivity contribution in [1.29, 1.82) is 0 Å². The number of carbonyl (C=O) groups excluding carboxylic acids is 2. The van der Waals surface area contributed by atoms with Crippen LogP contribution in [0.3, 0.4) is 0 Å². The van der Waals surface area contributed by atoms with Crippen molar-refractivity contribution in [1.82, 2.24) is 25.2 Å². The molecular weight excluding hydrogens is 528 g/mol. The second kappa shape index (κ2) is 11.2. The van der Waals surface area contributed by atoms with E-state index in [0.29, 0.717) is 27.3 Å². The number of fused-ring (bicyclic) bond motifs is 1. The molecule has 13 nitrogen and oxygen atoms in total. The fraction of sp³-hybridized carbons (Fsp3) is 0.250. The maximum atomic E-state index is 12.9. The fourth-order valence-electron chi connectivity index (χ4n) is 3.41. The van der Waals surface area contributed by atoms with Gasteiger partial charge in [0.15, 0.2) is 5.71 Å². The third-order valence-electron chi connectivity index (χ3n) is 4.94. The first kappa shape index (κ1) is 25.7. The number of nitrogens with zero attached hydrogens (tertiary/aromatic N) is 5. The lowest BCUT2D eigenvalue weighted by Gasteiger charge is -2.49. The number of nitrogens with one attached hydrogen (secondary N) is 1. The second-order valence-corrected chi connectivity index (χ2v) is 10.6. The Morgan fingerprint density at radius 2 is 2.06 bits per heavy atom. The lowest BCUT2D eigenvalue weighted by atomic mass is 10.0. The summed E-state index contributed by atoms with van der Waals surface area (Å²) in [6.07, 6.45) is 3.11. The molecule has 188 valence electrons. The highest BCUT2D eigenvalue weighted by Gasteiger charge is 2.54. The number of aromatic nitrogens is 3. The Bertz CT molecular complexity index is 1270. The minimum Gasteiger partial charge on any atom is -0.477 e. The minimum atomic E-state index is -1.27. The fourth-order valence-corrected chi connectivity index (χ4v) is 6.52. The zero-order valence-corrected chi connectivity index (χ0v) is 20.8. The maximum Gasteiger partial charge on any atom is 0.353 e. The molecule has 0 radical (unpaired) electrons. The molecule has 36 heavy (non-hydrogen) atoms. The van der Waals surface area contributed by atoms with E-state index in [9.17, 15) is 24.7 Å². The van der Waals surface area contributed by atoms with Gasteiger partial charge in [-0.25, -0.2) is 14.8 Å². The van der Waals surface area contributed by atoms with Gasteiger partial charge in [0.2, 0.25) is 0 Å². The van der Waals surface area contributed by atoms with Gasteiger partial charge < -0.3 is 27.1 Å². The summed E-state index contributed by atoms with van der Waals surface area (Å²) in [6, 6.07) is 3.44. The van der Waals surface area contributed by atoms with E-state index in [2.05, 4.69) is 25.4 Å². The molecule has 0 saturated carbocycles. The Morgan fingerprint density at radius 3 is 2.75 bits per heavy atom. The van der Waals surface area contributed by atoms with Gasteiger partial charge in [0.1, 0.15) is 38.7 Å². The summed E-state index contributed by atoms with van der Waals surface area (Å²) in [5.74, 6) is -1.68. The Labute approximate surface area is 217 Å². The summed E-state index contributed by atoms with van der Waals surface area (Å²) in [5, 5.41) is 25.2. The number of β-lactam (4-membered cyclic amide) rings is 1. The summed E-state index contributed by atoms with van der Waals surface area (Å²) in [7, 11) is 0. The van der Waals surface area contributed by atoms with Gasteiger partial charge in [0, 0.05) is 23.0 Å². The molecule has 16 heteroatoms. The number of nitrogen functional groups attached to an aromatic ring is 1. The number of aliphatic carboxylic acids is 1. The molecule has 2 aromatic rings. The Hall–Kier alpha value is -3.34. The first-order valence-electron chi connectivity index (χ1n) is 10.3. The molecule has 2 aliphatic rings. The number of pyridine rings is 1.